The Bertz CT molecular complexity index is 1350. The number of thioether (sulfide) groups is 1. The van der Waals surface area contributed by atoms with Crippen LogP contribution < -0.4 is 10.9 Å². The van der Waals surface area contributed by atoms with Crippen LogP contribution in [0.25, 0.3) is 10.9 Å². The van der Waals surface area contributed by atoms with Crippen LogP contribution in [0.4, 0.5) is 4.39 Å². The Morgan fingerprint density at radius 1 is 1.18 bits per heavy atom. The SMILES string of the molecule is CNC(=O)C(CCC=O)n1c(C)nc2cccc(SCc3ccc(CN4CCCCCC4)cc3F)c2c1=O. The molecule has 0 spiro atoms. The fourth-order valence-corrected chi connectivity index (χ4v) is 6.15. The third-order valence-electron chi connectivity index (χ3n) is 7.09. The van der Waals surface area contributed by atoms with Crippen molar-refractivity contribution in [3.63, 3.8) is 0 Å². The van der Waals surface area contributed by atoms with Crippen LogP contribution in [-0.2, 0) is 21.9 Å². The smallest absolute Gasteiger partial charge is 0.263 e. The molecule has 7 nitrogen and oxygen atoms in total. The predicted octanol–water partition coefficient (Wildman–Crippen LogP) is 4.78. The maximum absolute atomic E-state index is 15.1. The summed E-state index contributed by atoms with van der Waals surface area (Å²) in [7, 11) is 1.50. The topological polar surface area (TPSA) is 84.3 Å². The number of halogens is 1. The van der Waals surface area contributed by atoms with Gasteiger partial charge in [0.15, 0.2) is 0 Å². The van der Waals surface area contributed by atoms with Crippen molar-refractivity contribution < 1.29 is 14.0 Å². The van der Waals surface area contributed by atoms with Crippen molar-refractivity contribution in [3.05, 3.63) is 69.5 Å². The number of hydrogen-bond acceptors (Lipinski definition) is 6. The van der Waals surface area contributed by atoms with Crippen LogP contribution in [0, 0.1) is 12.7 Å². The highest BCUT2D eigenvalue weighted by molar-refractivity contribution is 7.98. The van der Waals surface area contributed by atoms with Gasteiger partial charge in [-0.25, -0.2) is 9.37 Å². The first-order valence-corrected chi connectivity index (χ1v) is 14.2. The average Bonchev–Trinajstić information content (AvgIpc) is 3.18. The Morgan fingerprint density at radius 3 is 2.63 bits per heavy atom. The summed E-state index contributed by atoms with van der Waals surface area (Å²) in [5.74, 6) is 0.151. The van der Waals surface area contributed by atoms with Gasteiger partial charge in [-0.2, -0.15) is 0 Å². The van der Waals surface area contributed by atoms with E-state index in [1.807, 2.05) is 24.3 Å². The molecule has 202 valence electrons. The molecule has 9 heteroatoms. The van der Waals surface area contributed by atoms with Crippen LogP contribution in [0.2, 0.25) is 0 Å². The number of fused-ring (bicyclic) bond motifs is 1. The first-order valence-electron chi connectivity index (χ1n) is 13.2. The van der Waals surface area contributed by atoms with E-state index in [4.69, 9.17) is 0 Å². The molecule has 1 atom stereocenters. The Balaban J connectivity index is 1.59. The second kappa shape index (κ2) is 13.2. The summed E-state index contributed by atoms with van der Waals surface area (Å²) in [5, 5.41) is 2.97. The molecule has 1 amide bonds. The molecule has 2 heterocycles. The first-order chi connectivity index (χ1) is 18.4. The zero-order chi connectivity index (χ0) is 27.1. The van der Waals surface area contributed by atoms with Crippen molar-refractivity contribution in [2.75, 3.05) is 20.1 Å². The molecular weight excluding hydrogens is 503 g/mol. The lowest BCUT2D eigenvalue weighted by Gasteiger charge is -2.21. The third-order valence-corrected chi connectivity index (χ3v) is 8.20. The third kappa shape index (κ3) is 6.50. The number of nitrogens with zero attached hydrogens (tertiary/aromatic N) is 3. The van der Waals surface area contributed by atoms with E-state index in [1.54, 1.807) is 19.1 Å². The Morgan fingerprint density at radius 2 is 1.95 bits per heavy atom. The van der Waals surface area contributed by atoms with Gasteiger partial charge in [0.25, 0.3) is 5.56 Å². The first kappa shape index (κ1) is 28.0. The minimum atomic E-state index is -0.846. The summed E-state index contributed by atoms with van der Waals surface area (Å²) in [4.78, 5) is 45.0. The van der Waals surface area contributed by atoms with E-state index in [0.29, 0.717) is 32.9 Å². The molecule has 1 aliphatic rings. The molecule has 1 aromatic heterocycles. The van der Waals surface area contributed by atoms with E-state index in [2.05, 4.69) is 15.2 Å². The van der Waals surface area contributed by atoms with Gasteiger partial charge >= 0.3 is 0 Å². The van der Waals surface area contributed by atoms with Gasteiger partial charge in [0.1, 0.15) is 24.0 Å². The lowest BCUT2D eigenvalue weighted by atomic mass is 10.1. The van der Waals surface area contributed by atoms with E-state index in [0.717, 1.165) is 31.5 Å². The quantitative estimate of drug-likeness (QED) is 0.296. The number of aromatic nitrogens is 2. The zero-order valence-electron chi connectivity index (χ0n) is 22.0. The molecule has 1 unspecified atom stereocenters. The van der Waals surface area contributed by atoms with Crippen LogP contribution in [0.5, 0.6) is 0 Å². The summed E-state index contributed by atoms with van der Waals surface area (Å²) >= 11 is 1.37. The number of aryl methyl sites for hydroxylation is 1. The van der Waals surface area contributed by atoms with E-state index < -0.39 is 6.04 Å². The number of rotatable bonds is 10. The molecule has 3 aromatic rings. The molecule has 1 fully saturated rings. The minimum Gasteiger partial charge on any atom is -0.357 e. The number of carbonyl (C=O) groups excluding carboxylic acids is 2. The molecule has 1 saturated heterocycles. The van der Waals surface area contributed by atoms with Crippen LogP contribution in [0.15, 0.2) is 46.1 Å². The number of likely N-dealkylation sites (N-methyl/N-ethyl adjacent to an activating group) is 1. The van der Waals surface area contributed by atoms with Crippen LogP contribution in [0.3, 0.4) is 0 Å². The van der Waals surface area contributed by atoms with Crippen molar-refractivity contribution in [3.8, 4) is 0 Å². The number of carbonyl (C=O) groups is 2. The fraction of sp³-hybridized carbons (Fsp3) is 0.448. The van der Waals surface area contributed by atoms with Crippen molar-refractivity contribution in [2.45, 2.75) is 68.7 Å². The van der Waals surface area contributed by atoms with Gasteiger partial charge in [0.2, 0.25) is 5.91 Å². The van der Waals surface area contributed by atoms with Crippen LogP contribution >= 0.6 is 11.8 Å². The maximum Gasteiger partial charge on any atom is 0.263 e. The number of hydrogen-bond donors (Lipinski definition) is 1. The molecule has 1 N–H and O–H groups in total. The lowest BCUT2D eigenvalue weighted by molar-refractivity contribution is -0.124. The summed E-state index contributed by atoms with van der Waals surface area (Å²) in [6, 6.07) is 10.0. The van der Waals surface area contributed by atoms with E-state index in [-0.39, 0.29) is 30.1 Å². The summed E-state index contributed by atoms with van der Waals surface area (Å²) < 4.78 is 16.4. The van der Waals surface area contributed by atoms with Gasteiger partial charge in [0.05, 0.1) is 10.9 Å². The lowest BCUT2D eigenvalue weighted by Crippen LogP contribution is -2.37. The number of nitrogens with one attached hydrogen (secondary N) is 1. The molecule has 0 bridgehead atoms. The largest absolute Gasteiger partial charge is 0.357 e. The van der Waals surface area contributed by atoms with E-state index >= 15 is 4.39 Å². The van der Waals surface area contributed by atoms with Gasteiger partial charge in [-0.15, -0.1) is 11.8 Å². The Labute approximate surface area is 226 Å². The van der Waals surface area contributed by atoms with Crippen molar-refractivity contribution >= 4 is 34.9 Å². The van der Waals surface area contributed by atoms with E-state index in [9.17, 15) is 14.4 Å². The van der Waals surface area contributed by atoms with Crippen molar-refractivity contribution in [1.82, 2.24) is 19.8 Å². The van der Waals surface area contributed by atoms with Crippen LogP contribution in [0.1, 0.15) is 61.5 Å². The summed E-state index contributed by atoms with van der Waals surface area (Å²) in [5.41, 5.74) is 1.72. The van der Waals surface area contributed by atoms with Crippen molar-refractivity contribution in [1.29, 1.82) is 0 Å². The predicted molar refractivity (Wildman–Crippen MR) is 149 cm³/mol. The van der Waals surface area contributed by atoms with Gasteiger partial charge in [-0.05, 0) is 68.6 Å². The molecule has 38 heavy (non-hydrogen) atoms. The second-order valence-electron chi connectivity index (χ2n) is 9.76. The number of aldehydes is 1. The van der Waals surface area contributed by atoms with E-state index in [1.165, 1.54) is 49.1 Å². The molecule has 1 aliphatic heterocycles. The molecule has 0 aliphatic carbocycles. The highest BCUT2D eigenvalue weighted by atomic mass is 32.2. The molecule has 4 rings (SSSR count). The standard InChI is InChI=1S/C29H35FN4O3S/c1-20-32-24-9-7-11-26(27(24)29(37)34(20)25(10-8-16-35)28(36)31-2)38-19-22-13-12-21(17-23(22)30)18-33-14-5-3-4-6-15-33/h7,9,11-13,16-17,25H,3-6,8,10,14-15,18-19H2,1-2H3,(H,31,36). The fourth-order valence-electron chi connectivity index (χ4n) is 5.09. The number of likely N-dealkylation sites (tertiary alicyclic amines) is 1. The Kier molecular flexibility index (Phi) is 9.69. The van der Waals surface area contributed by atoms with Gasteiger partial charge < -0.3 is 10.1 Å². The Hall–Kier alpha value is -3.04. The molecule has 2 aromatic carbocycles. The number of amides is 1. The zero-order valence-corrected chi connectivity index (χ0v) is 22.9. The van der Waals surface area contributed by atoms with Crippen molar-refractivity contribution in [2.24, 2.45) is 0 Å². The summed E-state index contributed by atoms with van der Waals surface area (Å²) in [6.45, 7) is 4.55. The second-order valence-corrected chi connectivity index (χ2v) is 10.8. The summed E-state index contributed by atoms with van der Waals surface area (Å²) in [6.07, 6.45) is 5.99. The molecule has 0 saturated carbocycles. The average molecular weight is 539 g/mol. The number of benzene rings is 2. The van der Waals surface area contributed by atoms with Gasteiger partial charge in [0, 0.05) is 30.7 Å². The van der Waals surface area contributed by atoms with Crippen LogP contribution in [-0.4, -0.2) is 46.8 Å². The minimum absolute atomic E-state index is 0.144. The molecule has 0 radical (unpaired) electrons. The van der Waals surface area contributed by atoms with Gasteiger partial charge in [-0.3, -0.25) is 19.1 Å². The molecular formula is C29H35FN4O3S. The normalized spacial score (nSPS) is 15.2. The monoisotopic (exact) mass is 538 g/mol. The highest BCUT2D eigenvalue weighted by Gasteiger charge is 2.24. The highest BCUT2D eigenvalue weighted by Crippen LogP contribution is 2.30. The maximum atomic E-state index is 15.1. The van der Waals surface area contributed by atoms with Gasteiger partial charge in [-0.1, -0.05) is 31.0 Å².